The molecule has 4 atom stereocenters. The fraction of sp³-hybridized carbons (Fsp3) is 1.00. The van der Waals surface area contributed by atoms with Crippen molar-refractivity contribution in [2.75, 3.05) is 13.1 Å². The minimum atomic E-state index is -0.217. The van der Waals surface area contributed by atoms with Crippen LogP contribution in [0.5, 0.6) is 0 Å². The van der Waals surface area contributed by atoms with Crippen LogP contribution < -0.4 is 5.73 Å². The van der Waals surface area contributed by atoms with E-state index in [2.05, 4.69) is 11.8 Å². The molecule has 2 fully saturated rings. The highest BCUT2D eigenvalue weighted by Gasteiger charge is 2.36. The minimum absolute atomic E-state index is 0.217. The Bertz CT molecular complexity index is 216. The highest BCUT2D eigenvalue weighted by Crippen LogP contribution is 2.36. The smallest absolute Gasteiger partial charge is 0.0553 e. The Labute approximate surface area is 92.6 Å². The molecule has 1 aliphatic carbocycles. The van der Waals surface area contributed by atoms with Gasteiger partial charge in [0.2, 0.25) is 0 Å². The zero-order chi connectivity index (χ0) is 11.0. The molecule has 3 nitrogen and oxygen atoms in total. The first-order chi connectivity index (χ1) is 7.08. The van der Waals surface area contributed by atoms with Crippen LogP contribution in [0.4, 0.5) is 0 Å². The first kappa shape index (κ1) is 11.4. The van der Waals surface area contributed by atoms with Gasteiger partial charge in [0.1, 0.15) is 0 Å². The maximum Gasteiger partial charge on any atom is 0.0553 e. The lowest BCUT2D eigenvalue weighted by Gasteiger charge is -2.41. The summed E-state index contributed by atoms with van der Waals surface area (Å²) < 4.78 is 0. The third kappa shape index (κ3) is 2.71. The Morgan fingerprint density at radius 3 is 2.40 bits per heavy atom. The molecular weight excluding hydrogens is 188 g/mol. The molecule has 0 aromatic rings. The zero-order valence-corrected chi connectivity index (χ0v) is 9.89. The van der Waals surface area contributed by atoms with Gasteiger partial charge in [-0.25, -0.2) is 0 Å². The second-order valence-corrected chi connectivity index (χ2v) is 5.53. The molecule has 0 amide bonds. The van der Waals surface area contributed by atoms with Crippen molar-refractivity contribution < 1.29 is 5.11 Å². The van der Waals surface area contributed by atoms with Gasteiger partial charge in [0.05, 0.1) is 6.10 Å². The van der Waals surface area contributed by atoms with Crippen molar-refractivity contribution in [3.63, 3.8) is 0 Å². The third-order valence-electron chi connectivity index (χ3n) is 4.11. The normalized spacial score (nSPS) is 37.6. The van der Waals surface area contributed by atoms with Crippen LogP contribution in [0.3, 0.4) is 0 Å². The van der Waals surface area contributed by atoms with E-state index >= 15 is 0 Å². The van der Waals surface area contributed by atoms with E-state index in [1.165, 1.54) is 12.8 Å². The number of likely N-dealkylation sites (tertiary alicyclic amines) is 1. The molecular formula is C12H24N2O. The van der Waals surface area contributed by atoms with E-state index in [9.17, 15) is 5.11 Å². The molecule has 2 aliphatic rings. The van der Waals surface area contributed by atoms with E-state index in [1.54, 1.807) is 0 Å². The highest BCUT2D eigenvalue weighted by atomic mass is 16.3. The van der Waals surface area contributed by atoms with Crippen molar-refractivity contribution in [3.8, 4) is 0 Å². The summed E-state index contributed by atoms with van der Waals surface area (Å²) in [5.74, 6) is 1.26. The van der Waals surface area contributed by atoms with Crippen LogP contribution in [0, 0.1) is 11.8 Å². The molecule has 1 saturated heterocycles. The molecule has 3 heteroatoms. The minimum Gasteiger partial charge on any atom is -0.393 e. The second kappa shape index (κ2) is 4.40. The lowest BCUT2D eigenvalue weighted by atomic mass is 9.89. The number of aliphatic hydroxyl groups is 1. The van der Waals surface area contributed by atoms with Crippen molar-refractivity contribution in [1.82, 2.24) is 4.90 Å². The Hall–Kier alpha value is -0.120. The van der Waals surface area contributed by atoms with Crippen molar-refractivity contribution in [2.45, 2.75) is 51.3 Å². The van der Waals surface area contributed by atoms with Gasteiger partial charge >= 0.3 is 0 Å². The molecule has 0 bridgehead atoms. The van der Waals surface area contributed by atoms with Gasteiger partial charge in [-0.15, -0.1) is 0 Å². The number of piperidine rings is 1. The number of rotatable bonds is 3. The fourth-order valence-corrected chi connectivity index (χ4v) is 2.77. The van der Waals surface area contributed by atoms with Crippen LogP contribution in [-0.2, 0) is 0 Å². The summed E-state index contributed by atoms with van der Waals surface area (Å²) in [5.41, 5.74) is 6.06. The molecule has 0 spiro atoms. The third-order valence-corrected chi connectivity index (χ3v) is 4.11. The van der Waals surface area contributed by atoms with Crippen LogP contribution in [0.15, 0.2) is 0 Å². The van der Waals surface area contributed by atoms with Crippen molar-refractivity contribution in [2.24, 2.45) is 17.6 Å². The molecule has 1 saturated carbocycles. The summed E-state index contributed by atoms with van der Waals surface area (Å²) in [4.78, 5) is 2.49. The first-order valence-electron chi connectivity index (χ1n) is 6.25. The van der Waals surface area contributed by atoms with E-state index < -0.39 is 0 Å². The quantitative estimate of drug-likeness (QED) is 0.728. The Morgan fingerprint density at radius 1 is 1.20 bits per heavy atom. The monoisotopic (exact) mass is 212 g/mol. The van der Waals surface area contributed by atoms with Gasteiger partial charge in [0.25, 0.3) is 0 Å². The van der Waals surface area contributed by atoms with Crippen molar-refractivity contribution >= 4 is 0 Å². The highest BCUT2D eigenvalue weighted by molar-refractivity contribution is 4.91. The summed E-state index contributed by atoms with van der Waals surface area (Å²) in [6.45, 7) is 6.25. The Kier molecular flexibility index (Phi) is 3.33. The number of nitrogens with zero attached hydrogens (tertiary/aromatic N) is 1. The molecule has 2 rings (SSSR count). The van der Waals surface area contributed by atoms with E-state index in [0.29, 0.717) is 12.0 Å². The van der Waals surface area contributed by atoms with Gasteiger partial charge in [0, 0.05) is 25.2 Å². The van der Waals surface area contributed by atoms with Crippen LogP contribution in [0.1, 0.15) is 33.1 Å². The molecule has 1 heterocycles. The number of hydrogen-bond acceptors (Lipinski definition) is 3. The molecule has 0 aromatic heterocycles. The van der Waals surface area contributed by atoms with E-state index in [-0.39, 0.29) is 12.1 Å². The molecule has 1 aliphatic heterocycles. The molecule has 15 heavy (non-hydrogen) atoms. The molecule has 0 aromatic carbocycles. The average Bonchev–Trinajstić information content (AvgIpc) is 2.98. The van der Waals surface area contributed by atoms with Crippen LogP contribution in [0.25, 0.3) is 0 Å². The number of nitrogens with two attached hydrogens (primary N) is 1. The summed E-state index contributed by atoms with van der Waals surface area (Å²) in [6, 6.07) is 0.914. The van der Waals surface area contributed by atoms with E-state index in [1.807, 2.05) is 6.92 Å². The summed E-state index contributed by atoms with van der Waals surface area (Å²) in [6.07, 6.45) is 3.52. The fourth-order valence-electron chi connectivity index (χ4n) is 2.77. The summed E-state index contributed by atoms with van der Waals surface area (Å²) >= 11 is 0. The van der Waals surface area contributed by atoms with Crippen molar-refractivity contribution in [1.29, 1.82) is 0 Å². The number of hydrogen-bond donors (Lipinski definition) is 2. The topological polar surface area (TPSA) is 49.5 Å². The molecule has 88 valence electrons. The van der Waals surface area contributed by atoms with Crippen LogP contribution >= 0.6 is 0 Å². The Morgan fingerprint density at radius 2 is 1.87 bits per heavy atom. The zero-order valence-electron chi connectivity index (χ0n) is 9.89. The SMILES string of the molecule is CC(O)C1CC(N)CN(C(C)C2CC2)C1. The van der Waals surface area contributed by atoms with E-state index in [4.69, 9.17) is 5.73 Å². The van der Waals surface area contributed by atoms with Gasteiger partial charge in [-0.3, -0.25) is 4.90 Å². The second-order valence-electron chi connectivity index (χ2n) is 5.53. The standard InChI is InChI=1S/C12H24N2O/c1-8(10-3-4-10)14-6-11(9(2)15)5-12(13)7-14/h8-12,15H,3-7,13H2,1-2H3. The predicted octanol–water partition coefficient (Wildman–Crippen LogP) is 0.815. The molecule has 0 radical (unpaired) electrons. The largest absolute Gasteiger partial charge is 0.393 e. The maximum absolute atomic E-state index is 9.67. The maximum atomic E-state index is 9.67. The Balaban J connectivity index is 1.93. The lowest BCUT2D eigenvalue weighted by molar-refractivity contribution is 0.0347. The molecule has 3 N–H and O–H groups in total. The lowest BCUT2D eigenvalue weighted by Crippen LogP contribution is -2.52. The van der Waals surface area contributed by atoms with Gasteiger partial charge in [0.15, 0.2) is 0 Å². The molecule has 4 unspecified atom stereocenters. The summed E-state index contributed by atoms with van der Waals surface area (Å²) in [7, 11) is 0. The van der Waals surface area contributed by atoms with Gasteiger partial charge in [-0.05, 0) is 44.9 Å². The van der Waals surface area contributed by atoms with Crippen LogP contribution in [-0.4, -0.2) is 41.3 Å². The summed E-state index contributed by atoms with van der Waals surface area (Å²) in [5, 5.41) is 9.67. The van der Waals surface area contributed by atoms with Gasteiger partial charge < -0.3 is 10.8 Å². The van der Waals surface area contributed by atoms with Gasteiger partial charge in [-0.1, -0.05) is 0 Å². The van der Waals surface area contributed by atoms with Crippen LogP contribution in [0.2, 0.25) is 0 Å². The average molecular weight is 212 g/mol. The van der Waals surface area contributed by atoms with E-state index in [0.717, 1.165) is 25.4 Å². The number of aliphatic hydroxyl groups excluding tert-OH is 1. The predicted molar refractivity (Wildman–Crippen MR) is 61.5 cm³/mol. The van der Waals surface area contributed by atoms with Crippen molar-refractivity contribution in [3.05, 3.63) is 0 Å². The first-order valence-corrected chi connectivity index (χ1v) is 6.25. The van der Waals surface area contributed by atoms with Gasteiger partial charge in [-0.2, -0.15) is 0 Å².